The molecule has 0 spiro atoms. The Morgan fingerprint density at radius 1 is 1.30 bits per heavy atom. The number of carbonyl (C=O) groups is 2. The van der Waals surface area contributed by atoms with Crippen LogP contribution in [-0.2, 0) is 16.0 Å². The number of nitrogens with one attached hydrogen (secondary N) is 1. The molecule has 2 rings (SSSR count). The van der Waals surface area contributed by atoms with Gasteiger partial charge in [-0.05, 0) is 25.5 Å². The van der Waals surface area contributed by atoms with E-state index >= 15 is 0 Å². The first-order valence-electron chi connectivity index (χ1n) is 6.42. The molecule has 1 aromatic carbocycles. The van der Waals surface area contributed by atoms with E-state index in [4.69, 9.17) is 9.84 Å². The minimum Gasteiger partial charge on any atom is -0.488 e. The number of amides is 1. The zero-order valence-electron chi connectivity index (χ0n) is 11.5. The molecule has 5 nitrogen and oxygen atoms in total. The van der Waals surface area contributed by atoms with E-state index in [1.807, 2.05) is 24.3 Å². The van der Waals surface area contributed by atoms with Crippen LogP contribution in [0.5, 0.6) is 5.75 Å². The Kier molecular flexibility index (Phi) is 4.08. The largest absolute Gasteiger partial charge is 0.488 e. The van der Waals surface area contributed by atoms with E-state index in [1.54, 1.807) is 0 Å². The summed E-state index contributed by atoms with van der Waals surface area (Å²) in [5.41, 5.74) is 1.40. The first-order valence-corrected chi connectivity index (χ1v) is 6.42. The number of benzene rings is 1. The standard InChI is InChI=1S/C15H17NO4/c1-9(10(2)15(18)19)14(17)16-8-12-7-11-5-3-4-6-13(11)20-12/h3-6,12H,7-8H2,1-2H3,(H,16,17)(H,18,19). The lowest BCUT2D eigenvalue weighted by Gasteiger charge is -2.12. The van der Waals surface area contributed by atoms with Crippen molar-refractivity contribution in [2.75, 3.05) is 6.54 Å². The highest BCUT2D eigenvalue weighted by Gasteiger charge is 2.23. The van der Waals surface area contributed by atoms with Crippen molar-refractivity contribution < 1.29 is 19.4 Å². The summed E-state index contributed by atoms with van der Waals surface area (Å²) in [6.45, 7) is 3.28. The number of para-hydroxylation sites is 1. The third-order valence-electron chi connectivity index (χ3n) is 3.43. The van der Waals surface area contributed by atoms with Crippen LogP contribution >= 0.6 is 0 Å². The molecule has 1 heterocycles. The average molecular weight is 275 g/mol. The molecule has 0 aliphatic carbocycles. The van der Waals surface area contributed by atoms with Gasteiger partial charge in [-0.1, -0.05) is 18.2 Å². The fraction of sp³-hybridized carbons (Fsp3) is 0.333. The van der Waals surface area contributed by atoms with Gasteiger partial charge in [0.15, 0.2) is 0 Å². The number of carboxylic acid groups (broad SMARTS) is 1. The molecule has 106 valence electrons. The van der Waals surface area contributed by atoms with Gasteiger partial charge in [0.2, 0.25) is 5.91 Å². The predicted molar refractivity (Wildman–Crippen MR) is 73.6 cm³/mol. The molecule has 1 amide bonds. The molecule has 1 aliphatic heterocycles. The van der Waals surface area contributed by atoms with Crippen LogP contribution in [0.4, 0.5) is 0 Å². The van der Waals surface area contributed by atoms with Crippen LogP contribution in [0.25, 0.3) is 0 Å². The molecule has 0 radical (unpaired) electrons. The highest BCUT2D eigenvalue weighted by Crippen LogP contribution is 2.27. The molecular weight excluding hydrogens is 258 g/mol. The maximum absolute atomic E-state index is 11.8. The fourth-order valence-electron chi connectivity index (χ4n) is 2.04. The molecule has 1 atom stereocenters. The topological polar surface area (TPSA) is 75.6 Å². The first-order chi connectivity index (χ1) is 9.49. The second-order valence-corrected chi connectivity index (χ2v) is 4.82. The molecular formula is C15H17NO4. The number of hydrogen-bond donors (Lipinski definition) is 2. The zero-order chi connectivity index (χ0) is 14.7. The van der Waals surface area contributed by atoms with E-state index in [0.29, 0.717) is 6.54 Å². The SMILES string of the molecule is CC(C(=O)O)=C(C)C(=O)NCC1Cc2ccccc2O1. The van der Waals surface area contributed by atoms with Crippen molar-refractivity contribution in [1.29, 1.82) is 0 Å². The highest BCUT2D eigenvalue weighted by molar-refractivity contribution is 6.01. The van der Waals surface area contributed by atoms with Gasteiger partial charge in [-0.3, -0.25) is 4.79 Å². The van der Waals surface area contributed by atoms with E-state index in [9.17, 15) is 9.59 Å². The summed E-state index contributed by atoms with van der Waals surface area (Å²) in [5, 5.41) is 11.5. The van der Waals surface area contributed by atoms with E-state index in [2.05, 4.69) is 5.32 Å². The van der Waals surface area contributed by atoms with Crippen LogP contribution in [0.1, 0.15) is 19.4 Å². The van der Waals surface area contributed by atoms with Gasteiger partial charge in [0.05, 0.1) is 6.54 Å². The summed E-state index contributed by atoms with van der Waals surface area (Å²) in [4.78, 5) is 22.6. The fourth-order valence-corrected chi connectivity index (χ4v) is 2.04. The van der Waals surface area contributed by atoms with Crippen LogP contribution in [0.3, 0.4) is 0 Å². The minimum atomic E-state index is -1.08. The number of fused-ring (bicyclic) bond motifs is 1. The van der Waals surface area contributed by atoms with Gasteiger partial charge in [-0.2, -0.15) is 0 Å². The van der Waals surface area contributed by atoms with E-state index in [-0.39, 0.29) is 23.2 Å². The Labute approximate surface area is 117 Å². The van der Waals surface area contributed by atoms with Crippen LogP contribution < -0.4 is 10.1 Å². The van der Waals surface area contributed by atoms with Crippen molar-refractivity contribution in [3.63, 3.8) is 0 Å². The predicted octanol–water partition coefficient (Wildman–Crippen LogP) is 1.53. The third-order valence-corrected chi connectivity index (χ3v) is 3.43. The molecule has 0 bridgehead atoms. The van der Waals surface area contributed by atoms with Crippen LogP contribution in [0, 0.1) is 0 Å². The second-order valence-electron chi connectivity index (χ2n) is 4.82. The van der Waals surface area contributed by atoms with E-state index in [0.717, 1.165) is 17.7 Å². The zero-order valence-corrected chi connectivity index (χ0v) is 11.5. The van der Waals surface area contributed by atoms with Gasteiger partial charge in [-0.15, -0.1) is 0 Å². The summed E-state index contributed by atoms with van der Waals surface area (Å²) in [7, 11) is 0. The Balaban J connectivity index is 1.90. The van der Waals surface area contributed by atoms with Crippen molar-refractivity contribution >= 4 is 11.9 Å². The molecule has 1 unspecified atom stereocenters. The quantitative estimate of drug-likeness (QED) is 0.817. The molecule has 2 N–H and O–H groups in total. The maximum Gasteiger partial charge on any atom is 0.331 e. The van der Waals surface area contributed by atoms with Crippen molar-refractivity contribution in [3.8, 4) is 5.75 Å². The summed E-state index contributed by atoms with van der Waals surface area (Å²) in [6, 6.07) is 7.75. The number of rotatable bonds is 4. The van der Waals surface area contributed by atoms with Crippen molar-refractivity contribution in [2.24, 2.45) is 0 Å². The third kappa shape index (κ3) is 2.99. The van der Waals surface area contributed by atoms with Gasteiger partial charge in [0, 0.05) is 17.6 Å². The Morgan fingerprint density at radius 3 is 2.65 bits per heavy atom. The Bertz CT molecular complexity index is 552. The summed E-state index contributed by atoms with van der Waals surface area (Å²) in [5.74, 6) is -0.604. The van der Waals surface area contributed by atoms with Crippen molar-refractivity contribution in [1.82, 2.24) is 5.32 Å². The van der Waals surface area contributed by atoms with E-state index in [1.165, 1.54) is 13.8 Å². The van der Waals surface area contributed by atoms with Crippen LogP contribution in [0.2, 0.25) is 0 Å². The number of aliphatic carboxylic acids is 1. The van der Waals surface area contributed by atoms with Gasteiger partial charge >= 0.3 is 5.97 Å². The number of hydrogen-bond acceptors (Lipinski definition) is 3. The monoisotopic (exact) mass is 275 g/mol. The van der Waals surface area contributed by atoms with Gasteiger partial charge in [0.1, 0.15) is 11.9 Å². The van der Waals surface area contributed by atoms with Crippen molar-refractivity contribution in [3.05, 3.63) is 41.0 Å². The summed E-state index contributed by atoms with van der Waals surface area (Å²) >= 11 is 0. The highest BCUT2D eigenvalue weighted by atomic mass is 16.5. The normalized spacial score (nSPS) is 17.8. The van der Waals surface area contributed by atoms with E-state index < -0.39 is 5.97 Å². The number of carbonyl (C=O) groups excluding carboxylic acids is 1. The molecule has 1 aromatic rings. The molecule has 0 saturated heterocycles. The molecule has 0 saturated carbocycles. The second kappa shape index (κ2) is 5.77. The smallest absolute Gasteiger partial charge is 0.331 e. The number of carboxylic acids is 1. The molecule has 5 heteroatoms. The lowest BCUT2D eigenvalue weighted by molar-refractivity contribution is -0.133. The molecule has 20 heavy (non-hydrogen) atoms. The van der Waals surface area contributed by atoms with Gasteiger partial charge in [-0.25, -0.2) is 4.79 Å². The first kappa shape index (κ1) is 14.1. The van der Waals surface area contributed by atoms with Gasteiger partial charge in [0.25, 0.3) is 0 Å². The van der Waals surface area contributed by atoms with Crippen LogP contribution in [-0.4, -0.2) is 29.6 Å². The molecule has 1 aliphatic rings. The van der Waals surface area contributed by atoms with Gasteiger partial charge < -0.3 is 15.2 Å². The summed E-state index contributed by atoms with van der Waals surface area (Å²) < 4.78 is 5.70. The average Bonchev–Trinajstić information content (AvgIpc) is 2.85. The Morgan fingerprint density at radius 2 is 2.00 bits per heavy atom. The molecule has 0 aromatic heterocycles. The molecule has 0 fully saturated rings. The number of ether oxygens (including phenoxy) is 1. The van der Waals surface area contributed by atoms with Crippen molar-refractivity contribution in [2.45, 2.75) is 26.4 Å². The van der Waals surface area contributed by atoms with Crippen LogP contribution in [0.15, 0.2) is 35.4 Å². The summed E-state index contributed by atoms with van der Waals surface area (Å²) in [6.07, 6.45) is 0.645. The lowest BCUT2D eigenvalue weighted by atomic mass is 10.1. The lowest BCUT2D eigenvalue weighted by Crippen LogP contribution is -2.35. The maximum atomic E-state index is 11.8. The minimum absolute atomic E-state index is 0.0538. The Hall–Kier alpha value is -2.30.